The number of carbonyl (C=O) groups excluding carboxylic acids is 2. The van der Waals surface area contributed by atoms with Crippen LogP contribution in [0.15, 0.2) is 18.3 Å². The Kier molecular flexibility index (Phi) is 4.63. The molecule has 1 heterocycles. The Bertz CT molecular complexity index is 430. The zero-order valence-corrected chi connectivity index (χ0v) is 10.4. The minimum atomic E-state index is -0.455. The highest BCUT2D eigenvalue weighted by Crippen LogP contribution is 1.98. The average Bonchev–Trinajstić information content (AvgIpc) is 2.25. The Hall–Kier alpha value is -1.91. The molecule has 92 valence electrons. The second-order valence-corrected chi connectivity index (χ2v) is 3.81. The van der Waals surface area contributed by atoms with Gasteiger partial charge in [0.25, 0.3) is 5.91 Å². The number of imide groups is 1. The third-order valence-electron chi connectivity index (χ3n) is 2.52. The van der Waals surface area contributed by atoms with Gasteiger partial charge < -0.3 is 5.32 Å². The third-order valence-corrected chi connectivity index (χ3v) is 2.52. The molecule has 17 heavy (non-hydrogen) atoms. The lowest BCUT2D eigenvalue weighted by atomic mass is 10.2. The summed E-state index contributed by atoms with van der Waals surface area (Å²) in [4.78, 5) is 22.7. The van der Waals surface area contributed by atoms with E-state index in [1.165, 1.54) is 0 Å². The molecule has 0 bridgehead atoms. The van der Waals surface area contributed by atoms with Crippen molar-refractivity contribution in [2.45, 2.75) is 27.3 Å². The second kappa shape index (κ2) is 5.98. The number of hydrogen-bond donors (Lipinski definition) is 2. The minimum Gasteiger partial charge on any atom is -0.338 e. The monoisotopic (exact) mass is 236 g/mol. The van der Waals surface area contributed by atoms with E-state index in [2.05, 4.69) is 10.6 Å². The van der Waals surface area contributed by atoms with Gasteiger partial charge >= 0.3 is 6.03 Å². The Morgan fingerprint density at radius 1 is 1.35 bits per heavy atom. The summed E-state index contributed by atoms with van der Waals surface area (Å²) in [7, 11) is 0. The Morgan fingerprint density at radius 2 is 2.06 bits per heavy atom. The maximum Gasteiger partial charge on any atom is 0.321 e. The fourth-order valence-corrected chi connectivity index (χ4v) is 1.45. The normalized spacial score (nSPS) is 9.82. The SMILES string of the molecule is CCNC(=O)NC(=O)C[n+]1cccc(C)c1C. The number of rotatable bonds is 3. The van der Waals surface area contributed by atoms with Crippen LogP contribution in [0.2, 0.25) is 0 Å². The van der Waals surface area contributed by atoms with Gasteiger partial charge in [0.05, 0.1) is 0 Å². The Morgan fingerprint density at radius 3 is 2.71 bits per heavy atom. The van der Waals surface area contributed by atoms with E-state index >= 15 is 0 Å². The minimum absolute atomic E-state index is 0.143. The molecule has 5 nitrogen and oxygen atoms in total. The maximum atomic E-state index is 11.6. The van der Waals surface area contributed by atoms with Crippen molar-refractivity contribution in [3.8, 4) is 0 Å². The number of urea groups is 1. The van der Waals surface area contributed by atoms with Gasteiger partial charge in [-0.1, -0.05) is 0 Å². The topological polar surface area (TPSA) is 62.1 Å². The van der Waals surface area contributed by atoms with Crippen molar-refractivity contribution in [3.05, 3.63) is 29.6 Å². The van der Waals surface area contributed by atoms with Gasteiger partial charge in [0.15, 0.2) is 11.9 Å². The molecular formula is C12H18N3O2+. The molecule has 1 aromatic heterocycles. The molecule has 0 atom stereocenters. The third kappa shape index (κ3) is 3.86. The summed E-state index contributed by atoms with van der Waals surface area (Å²) < 4.78 is 1.81. The predicted octanol–water partition coefficient (Wildman–Crippen LogP) is 0.437. The van der Waals surface area contributed by atoms with Crippen LogP contribution in [0.4, 0.5) is 4.79 Å². The van der Waals surface area contributed by atoms with Crippen LogP contribution in [0.25, 0.3) is 0 Å². The summed E-state index contributed by atoms with van der Waals surface area (Å²) in [6, 6.07) is 3.40. The number of aromatic nitrogens is 1. The summed E-state index contributed by atoms with van der Waals surface area (Å²) in [6.07, 6.45) is 1.82. The van der Waals surface area contributed by atoms with Crippen molar-refractivity contribution in [2.75, 3.05) is 6.54 Å². The Balaban J connectivity index is 2.62. The van der Waals surface area contributed by atoms with Crippen LogP contribution in [0.5, 0.6) is 0 Å². The molecule has 1 rings (SSSR count). The van der Waals surface area contributed by atoms with Gasteiger partial charge in [0.1, 0.15) is 0 Å². The van der Waals surface area contributed by atoms with Crippen molar-refractivity contribution in [2.24, 2.45) is 0 Å². The van der Waals surface area contributed by atoms with Crippen LogP contribution in [0.3, 0.4) is 0 Å². The van der Waals surface area contributed by atoms with Gasteiger partial charge in [-0.25, -0.2) is 4.79 Å². The first-order chi connectivity index (χ1) is 8.04. The number of nitrogens with one attached hydrogen (secondary N) is 2. The molecule has 5 heteroatoms. The zero-order chi connectivity index (χ0) is 12.8. The number of aryl methyl sites for hydroxylation is 1. The highest BCUT2D eigenvalue weighted by Gasteiger charge is 2.15. The van der Waals surface area contributed by atoms with E-state index in [1.54, 1.807) is 6.92 Å². The predicted molar refractivity (Wildman–Crippen MR) is 63.3 cm³/mol. The van der Waals surface area contributed by atoms with Crippen LogP contribution >= 0.6 is 0 Å². The highest BCUT2D eigenvalue weighted by atomic mass is 16.2. The zero-order valence-electron chi connectivity index (χ0n) is 10.4. The molecule has 0 saturated heterocycles. The maximum absolute atomic E-state index is 11.6. The quantitative estimate of drug-likeness (QED) is 0.748. The summed E-state index contributed by atoms with van der Waals surface area (Å²) in [5.41, 5.74) is 2.12. The molecule has 0 radical (unpaired) electrons. The molecule has 2 N–H and O–H groups in total. The largest absolute Gasteiger partial charge is 0.338 e. The van der Waals surface area contributed by atoms with Crippen molar-refractivity contribution in [1.82, 2.24) is 10.6 Å². The first kappa shape index (κ1) is 13.2. The molecular weight excluding hydrogens is 218 g/mol. The van der Waals surface area contributed by atoms with E-state index in [1.807, 2.05) is 36.7 Å². The van der Waals surface area contributed by atoms with Crippen LogP contribution in [-0.4, -0.2) is 18.5 Å². The van der Waals surface area contributed by atoms with Gasteiger partial charge in [-0.2, -0.15) is 4.57 Å². The molecule has 0 aliphatic rings. The fraction of sp³-hybridized carbons (Fsp3) is 0.417. The van der Waals surface area contributed by atoms with Gasteiger partial charge in [-0.05, 0) is 19.9 Å². The van der Waals surface area contributed by atoms with Crippen molar-refractivity contribution >= 4 is 11.9 Å². The smallest absolute Gasteiger partial charge is 0.321 e. The highest BCUT2D eigenvalue weighted by molar-refractivity contribution is 5.93. The van der Waals surface area contributed by atoms with Gasteiger partial charge in [-0.15, -0.1) is 0 Å². The second-order valence-electron chi connectivity index (χ2n) is 3.81. The molecule has 0 aromatic carbocycles. The molecule has 3 amide bonds. The van der Waals surface area contributed by atoms with Crippen molar-refractivity contribution < 1.29 is 14.2 Å². The van der Waals surface area contributed by atoms with Crippen molar-refractivity contribution in [1.29, 1.82) is 0 Å². The lowest BCUT2D eigenvalue weighted by molar-refractivity contribution is -0.690. The number of carbonyl (C=O) groups is 2. The molecule has 0 saturated carbocycles. The van der Waals surface area contributed by atoms with Crippen LogP contribution in [0, 0.1) is 13.8 Å². The lowest BCUT2D eigenvalue weighted by Gasteiger charge is -2.04. The van der Waals surface area contributed by atoms with E-state index < -0.39 is 6.03 Å². The summed E-state index contributed by atoms with van der Waals surface area (Å²) in [6.45, 7) is 6.35. The van der Waals surface area contributed by atoms with E-state index in [0.717, 1.165) is 11.3 Å². The van der Waals surface area contributed by atoms with Crippen LogP contribution in [0.1, 0.15) is 18.2 Å². The average molecular weight is 236 g/mol. The number of nitrogens with zero attached hydrogens (tertiary/aromatic N) is 1. The summed E-state index contributed by atoms with van der Waals surface area (Å²) in [5.74, 6) is -0.324. The Labute approximate surface area is 101 Å². The summed E-state index contributed by atoms with van der Waals surface area (Å²) in [5, 5.41) is 4.77. The number of amides is 3. The molecule has 0 fully saturated rings. The molecule has 0 spiro atoms. The van der Waals surface area contributed by atoms with E-state index in [-0.39, 0.29) is 12.5 Å². The van der Waals surface area contributed by atoms with Gasteiger partial charge in [-0.3, -0.25) is 10.1 Å². The standard InChI is InChI=1S/C12H17N3O2/c1-4-13-12(17)14-11(16)8-15-7-5-6-9(2)10(15)3/h5-7H,4,8H2,1-3H3,(H-,13,14,16,17)/p+1. The lowest BCUT2D eigenvalue weighted by Crippen LogP contribution is -2.48. The molecule has 1 aromatic rings. The van der Waals surface area contributed by atoms with E-state index in [0.29, 0.717) is 6.54 Å². The van der Waals surface area contributed by atoms with E-state index in [9.17, 15) is 9.59 Å². The molecule has 0 aliphatic heterocycles. The summed E-state index contributed by atoms with van der Waals surface area (Å²) >= 11 is 0. The molecule has 0 aliphatic carbocycles. The van der Waals surface area contributed by atoms with Gasteiger partial charge in [0, 0.05) is 25.1 Å². The van der Waals surface area contributed by atoms with E-state index in [4.69, 9.17) is 0 Å². The first-order valence-electron chi connectivity index (χ1n) is 5.58. The van der Waals surface area contributed by atoms with Gasteiger partial charge in [0.2, 0.25) is 6.54 Å². The molecule has 0 unspecified atom stereocenters. The number of hydrogen-bond acceptors (Lipinski definition) is 2. The first-order valence-corrected chi connectivity index (χ1v) is 5.58. The van der Waals surface area contributed by atoms with Crippen LogP contribution in [-0.2, 0) is 11.3 Å². The number of pyridine rings is 1. The fourth-order valence-electron chi connectivity index (χ4n) is 1.45. The van der Waals surface area contributed by atoms with Crippen molar-refractivity contribution in [3.63, 3.8) is 0 Å². The van der Waals surface area contributed by atoms with Crippen LogP contribution < -0.4 is 15.2 Å².